The highest BCUT2D eigenvalue weighted by atomic mass is 16.5. The maximum atomic E-state index is 11.1. The molecule has 0 radical (unpaired) electrons. The smallest absolute Gasteiger partial charge is 0.304 e. The first-order valence-corrected chi connectivity index (χ1v) is 11.2. The Bertz CT molecular complexity index is 1090. The van der Waals surface area contributed by atoms with E-state index < -0.39 is 5.97 Å². The lowest BCUT2D eigenvalue weighted by Crippen LogP contribution is -2.03. The van der Waals surface area contributed by atoms with Crippen molar-refractivity contribution in [3.05, 3.63) is 64.3 Å². The van der Waals surface area contributed by atoms with Gasteiger partial charge in [0.25, 0.3) is 0 Å². The Kier molecular flexibility index (Phi) is 5.01. The van der Waals surface area contributed by atoms with Crippen LogP contribution in [0.15, 0.2) is 36.4 Å². The standard InChI is InChI=1S/C26H29NO3/c1-16-12-17(6-9-21(16)18-4-2-3-5-18)15-30-20-8-11-24-23(14-20)22-10-7-19(13-25(28)29)26(22)27-24/h6,8-9,11-12,14,18-19,27H,2-5,7,10,13,15H2,1H3,(H,28,29)/t19-/m1/s1. The molecule has 1 heterocycles. The summed E-state index contributed by atoms with van der Waals surface area (Å²) in [6.45, 7) is 2.78. The largest absolute Gasteiger partial charge is 0.489 e. The van der Waals surface area contributed by atoms with Gasteiger partial charge in [0, 0.05) is 22.5 Å². The maximum absolute atomic E-state index is 11.1. The summed E-state index contributed by atoms with van der Waals surface area (Å²) in [6, 6.07) is 12.9. The predicted molar refractivity (Wildman–Crippen MR) is 118 cm³/mol. The lowest BCUT2D eigenvalue weighted by Gasteiger charge is -2.15. The van der Waals surface area contributed by atoms with Crippen LogP contribution in [0.2, 0.25) is 0 Å². The summed E-state index contributed by atoms with van der Waals surface area (Å²) in [7, 11) is 0. The van der Waals surface area contributed by atoms with Crippen molar-refractivity contribution in [1.82, 2.24) is 4.98 Å². The van der Waals surface area contributed by atoms with E-state index in [-0.39, 0.29) is 12.3 Å². The normalized spacial score (nSPS) is 18.8. The van der Waals surface area contributed by atoms with Crippen molar-refractivity contribution >= 4 is 16.9 Å². The van der Waals surface area contributed by atoms with Gasteiger partial charge in [-0.25, -0.2) is 0 Å². The first-order chi connectivity index (χ1) is 14.6. The Balaban J connectivity index is 1.31. The van der Waals surface area contributed by atoms with Gasteiger partial charge in [0.1, 0.15) is 12.4 Å². The number of aryl methyl sites for hydroxylation is 2. The predicted octanol–water partition coefficient (Wildman–Crippen LogP) is 6.22. The molecule has 0 spiro atoms. The molecule has 1 aromatic heterocycles. The molecule has 30 heavy (non-hydrogen) atoms. The van der Waals surface area contributed by atoms with Gasteiger partial charge in [-0.3, -0.25) is 4.79 Å². The third-order valence-electron chi connectivity index (χ3n) is 7.02. The number of carboxylic acid groups (broad SMARTS) is 1. The maximum Gasteiger partial charge on any atom is 0.304 e. The zero-order valence-electron chi connectivity index (χ0n) is 17.5. The Morgan fingerprint density at radius 3 is 2.73 bits per heavy atom. The number of benzene rings is 2. The minimum atomic E-state index is -0.732. The number of carboxylic acids is 1. The summed E-state index contributed by atoms with van der Waals surface area (Å²) < 4.78 is 6.13. The second kappa shape index (κ2) is 7.82. The van der Waals surface area contributed by atoms with E-state index in [0.717, 1.165) is 35.7 Å². The molecule has 4 heteroatoms. The molecule has 2 aliphatic carbocycles. The first-order valence-electron chi connectivity index (χ1n) is 11.2. The molecule has 3 aromatic rings. The fourth-order valence-electron chi connectivity index (χ4n) is 5.52. The minimum Gasteiger partial charge on any atom is -0.489 e. The average molecular weight is 404 g/mol. The van der Waals surface area contributed by atoms with E-state index in [1.807, 2.05) is 6.07 Å². The molecule has 0 aliphatic heterocycles. The molecule has 0 bridgehead atoms. The van der Waals surface area contributed by atoms with Crippen LogP contribution in [0.5, 0.6) is 5.75 Å². The summed E-state index contributed by atoms with van der Waals surface area (Å²) in [4.78, 5) is 14.6. The molecule has 0 unspecified atom stereocenters. The number of fused-ring (bicyclic) bond motifs is 3. The summed E-state index contributed by atoms with van der Waals surface area (Å²) in [5.41, 5.74) is 7.53. The Morgan fingerprint density at radius 2 is 1.97 bits per heavy atom. The molecule has 5 rings (SSSR count). The zero-order chi connectivity index (χ0) is 20.7. The molecule has 2 N–H and O–H groups in total. The van der Waals surface area contributed by atoms with Gasteiger partial charge >= 0.3 is 5.97 Å². The number of rotatable bonds is 6. The molecule has 1 atom stereocenters. The van der Waals surface area contributed by atoms with E-state index in [2.05, 4.69) is 42.2 Å². The SMILES string of the molecule is Cc1cc(COc2ccc3[nH]c4c(c3c2)CC[C@@H]4CC(=O)O)ccc1C1CCCC1. The number of aromatic amines is 1. The molecule has 1 saturated carbocycles. The van der Waals surface area contributed by atoms with Crippen LogP contribution in [0.3, 0.4) is 0 Å². The second-order valence-corrected chi connectivity index (χ2v) is 9.02. The summed E-state index contributed by atoms with van der Waals surface area (Å²) in [5, 5.41) is 10.3. The minimum absolute atomic E-state index is 0.0932. The zero-order valence-corrected chi connectivity index (χ0v) is 17.5. The Morgan fingerprint density at radius 1 is 1.13 bits per heavy atom. The van der Waals surface area contributed by atoms with Gasteiger partial charge in [0.15, 0.2) is 0 Å². The lowest BCUT2D eigenvalue weighted by atomic mass is 9.92. The van der Waals surface area contributed by atoms with Crippen LogP contribution in [0.4, 0.5) is 0 Å². The first kappa shape index (κ1) is 19.2. The van der Waals surface area contributed by atoms with Gasteiger partial charge in [-0.05, 0) is 79.0 Å². The number of ether oxygens (including phenoxy) is 1. The quantitative estimate of drug-likeness (QED) is 0.514. The lowest BCUT2D eigenvalue weighted by molar-refractivity contribution is -0.137. The number of H-pyrrole nitrogens is 1. The van der Waals surface area contributed by atoms with Gasteiger partial charge in [-0.1, -0.05) is 31.0 Å². The van der Waals surface area contributed by atoms with Crippen LogP contribution in [0, 0.1) is 6.92 Å². The molecular weight excluding hydrogens is 374 g/mol. The topological polar surface area (TPSA) is 62.3 Å². The van der Waals surface area contributed by atoms with Crippen LogP contribution < -0.4 is 4.74 Å². The van der Waals surface area contributed by atoms with E-state index in [0.29, 0.717) is 6.61 Å². The molecule has 0 saturated heterocycles. The highest BCUT2D eigenvalue weighted by molar-refractivity contribution is 5.87. The fourth-order valence-corrected chi connectivity index (χ4v) is 5.52. The van der Waals surface area contributed by atoms with Gasteiger partial charge in [0.2, 0.25) is 0 Å². The number of hydrogen-bond donors (Lipinski definition) is 2. The molecule has 2 aromatic carbocycles. The third kappa shape index (κ3) is 3.60. The summed E-state index contributed by atoms with van der Waals surface area (Å²) in [5.74, 6) is 0.965. The highest BCUT2D eigenvalue weighted by Gasteiger charge is 2.28. The highest BCUT2D eigenvalue weighted by Crippen LogP contribution is 2.40. The van der Waals surface area contributed by atoms with Crippen LogP contribution in [-0.4, -0.2) is 16.1 Å². The third-order valence-corrected chi connectivity index (χ3v) is 7.02. The van der Waals surface area contributed by atoms with E-state index in [1.54, 1.807) is 0 Å². The molecule has 156 valence electrons. The average Bonchev–Trinajstić information content (AvgIpc) is 3.44. The van der Waals surface area contributed by atoms with Gasteiger partial charge < -0.3 is 14.8 Å². The Hall–Kier alpha value is -2.75. The van der Waals surface area contributed by atoms with Crippen molar-refractivity contribution in [3.63, 3.8) is 0 Å². The van der Waals surface area contributed by atoms with Crippen LogP contribution in [-0.2, 0) is 17.8 Å². The van der Waals surface area contributed by atoms with E-state index in [9.17, 15) is 4.79 Å². The number of aliphatic carboxylic acids is 1. The fraction of sp³-hybridized carbons (Fsp3) is 0.423. The molecule has 1 fully saturated rings. The molecule has 4 nitrogen and oxygen atoms in total. The molecule has 2 aliphatic rings. The van der Waals surface area contributed by atoms with Crippen molar-refractivity contribution in [2.75, 3.05) is 0 Å². The molecular formula is C26H29NO3. The van der Waals surface area contributed by atoms with Gasteiger partial charge in [-0.15, -0.1) is 0 Å². The molecule has 0 amide bonds. The second-order valence-electron chi connectivity index (χ2n) is 9.02. The number of carbonyl (C=O) groups is 1. The van der Waals surface area contributed by atoms with E-state index in [4.69, 9.17) is 9.84 Å². The van der Waals surface area contributed by atoms with Crippen molar-refractivity contribution in [3.8, 4) is 5.75 Å². The van der Waals surface area contributed by atoms with Crippen LogP contribution in [0.1, 0.15) is 78.3 Å². The summed E-state index contributed by atoms with van der Waals surface area (Å²) >= 11 is 0. The van der Waals surface area contributed by atoms with E-state index in [1.165, 1.54) is 53.3 Å². The Labute approximate surface area is 177 Å². The van der Waals surface area contributed by atoms with E-state index >= 15 is 0 Å². The number of aromatic nitrogens is 1. The van der Waals surface area contributed by atoms with Gasteiger partial charge in [0.05, 0.1) is 6.42 Å². The van der Waals surface area contributed by atoms with Crippen LogP contribution in [0.25, 0.3) is 10.9 Å². The van der Waals surface area contributed by atoms with Crippen molar-refractivity contribution < 1.29 is 14.6 Å². The van der Waals surface area contributed by atoms with Gasteiger partial charge in [-0.2, -0.15) is 0 Å². The van der Waals surface area contributed by atoms with Crippen LogP contribution >= 0.6 is 0 Å². The van der Waals surface area contributed by atoms with Crippen molar-refractivity contribution in [2.24, 2.45) is 0 Å². The van der Waals surface area contributed by atoms with Crippen molar-refractivity contribution in [2.45, 2.75) is 70.3 Å². The number of hydrogen-bond acceptors (Lipinski definition) is 2. The summed E-state index contributed by atoms with van der Waals surface area (Å²) in [6.07, 6.45) is 7.39. The monoisotopic (exact) mass is 403 g/mol. The van der Waals surface area contributed by atoms with Crippen molar-refractivity contribution in [1.29, 1.82) is 0 Å². The number of nitrogens with one attached hydrogen (secondary N) is 1.